The van der Waals surface area contributed by atoms with Crippen molar-refractivity contribution in [2.75, 3.05) is 26.3 Å². The van der Waals surface area contributed by atoms with Crippen molar-refractivity contribution in [2.45, 2.75) is 0 Å². The molecular formula is C12H12N4O3. The second-order valence-electron chi connectivity index (χ2n) is 4.22. The molecular weight excluding hydrogens is 248 g/mol. The van der Waals surface area contributed by atoms with Crippen molar-refractivity contribution in [2.24, 2.45) is 0 Å². The SMILES string of the molecule is O=C(c1c(=O)[nH]cc2cncnc12)N1CCOCC1. The summed E-state index contributed by atoms with van der Waals surface area (Å²) >= 11 is 0. The largest absolute Gasteiger partial charge is 0.378 e. The maximum atomic E-state index is 12.4. The van der Waals surface area contributed by atoms with Crippen molar-refractivity contribution >= 4 is 16.8 Å². The van der Waals surface area contributed by atoms with Gasteiger partial charge in [-0.15, -0.1) is 0 Å². The number of carbonyl (C=O) groups excluding carboxylic acids is 1. The van der Waals surface area contributed by atoms with Gasteiger partial charge in [0, 0.05) is 30.9 Å². The zero-order chi connectivity index (χ0) is 13.2. The Morgan fingerprint density at radius 3 is 2.95 bits per heavy atom. The number of nitrogens with zero attached hydrogens (tertiary/aromatic N) is 3. The molecule has 3 heterocycles. The summed E-state index contributed by atoms with van der Waals surface area (Å²) in [5.41, 5.74) is 0.0275. The molecule has 1 aliphatic heterocycles. The second-order valence-corrected chi connectivity index (χ2v) is 4.22. The van der Waals surface area contributed by atoms with E-state index in [9.17, 15) is 9.59 Å². The molecule has 2 aromatic heterocycles. The molecule has 0 saturated carbocycles. The third-order valence-corrected chi connectivity index (χ3v) is 3.08. The molecule has 0 atom stereocenters. The van der Waals surface area contributed by atoms with Crippen molar-refractivity contribution in [1.82, 2.24) is 19.9 Å². The minimum absolute atomic E-state index is 0.0711. The minimum atomic E-state index is -0.428. The van der Waals surface area contributed by atoms with E-state index < -0.39 is 5.56 Å². The first-order valence-corrected chi connectivity index (χ1v) is 5.96. The first kappa shape index (κ1) is 11.8. The maximum absolute atomic E-state index is 12.4. The van der Waals surface area contributed by atoms with E-state index in [-0.39, 0.29) is 11.5 Å². The van der Waals surface area contributed by atoms with E-state index in [0.29, 0.717) is 37.2 Å². The van der Waals surface area contributed by atoms with Crippen LogP contribution in [0.5, 0.6) is 0 Å². The van der Waals surface area contributed by atoms with Gasteiger partial charge in [0.2, 0.25) is 0 Å². The molecule has 1 aliphatic rings. The summed E-state index contributed by atoms with van der Waals surface area (Å²) in [4.78, 5) is 36.4. The number of hydrogen-bond donors (Lipinski definition) is 1. The number of morpholine rings is 1. The van der Waals surface area contributed by atoms with E-state index in [1.807, 2.05) is 0 Å². The number of aromatic nitrogens is 3. The average Bonchev–Trinajstić information content (AvgIpc) is 2.47. The van der Waals surface area contributed by atoms with Crippen LogP contribution in [-0.2, 0) is 4.74 Å². The van der Waals surface area contributed by atoms with E-state index in [2.05, 4.69) is 15.0 Å². The highest BCUT2D eigenvalue weighted by atomic mass is 16.5. The summed E-state index contributed by atoms with van der Waals surface area (Å²) in [6, 6.07) is 0. The van der Waals surface area contributed by atoms with Crippen molar-refractivity contribution in [3.63, 3.8) is 0 Å². The molecule has 2 aromatic rings. The second kappa shape index (κ2) is 4.77. The summed E-state index contributed by atoms with van der Waals surface area (Å²) in [5.74, 6) is -0.311. The van der Waals surface area contributed by atoms with Gasteiger partial charge < -0.3 is 14.6 Å². The number of nitrogens with one attached hydrogen (secondary N) is 1. The lowest BCUT2D eigenvalue weighted by atomic mass is 10.1. The van der Waals surface area contributed by atoms with E-state index in [1.165, 1.54) is 12.5 Å². The van der Waals surface area contributed by atoms with Gasteiger partial charge in [-0.2, -0.15) is 0 Å². The number of aromatic amines is 1. The monoisotopic (exact) mass is 260 g/mol. The Bertz CT molecular complexity index is 676. The summed E-state index contributed by atoms with van der Waals surface area (Å²) in [6.07, 6.45) is 4.40. The lowest BCUT2D eigenvalue weighted by molar-refractivity contribution is 0.0303. The van der Waals surface area contributed by atoms with Gasteiger partial charge in [-0.25, -0.2) is 9.97 Å². The topological polar surface area (TPSA) is 88.2 Å². The molecule has 0 unspecified atom stereocenters. The summed E-state index contributed by atoms with van der Waals surface area (Å²) < 4.78 is 5.20. The Morgan fingerprint density at radius 2 is 2.16 bits per heavy atom. The number of ether oxygens (including phenoxy) is 1. The lowest BCUT2D eigenvalue weighted by Crippen LogP contribution is -2.42. The fraction of sp³-hybridized carbons (Fsp3) is 0.333. The van der Waals surface area contributed by atoms with Crippen LogP contribution >= 0.6 is 0 Å². The van der Waals surface area contributed by atoms with Gasteiger partial charge in [0.25, 0.3) is 11.5 Å². The Balaban J connectivity index is 2.10. The first-order chi connectivity index (χ1) is 9.27. The highest BCUT2D eigenvalue weighted by Gasteiger charge is 2.23. The van der Waals surface area contributed by atoms with Crippen molar-refractivity contribution in [1.29, 1.82) is 0 Å². The van der Waals surface area contributed by atoms with Crippen LogP contribution in [0.4, 0.5) is 0 Å². The quantitative estimate of drug-likeness (QED) is 0.766. The van der Waals surface area contributed by atoms with Crippen LogP contribution in [0.15, 0.2) is 23.5 Å². The van der Waals surface area contributed by atoms with E-state index >= 15 is 0 Å². The third-order valence-electron chi connectivity index (χ3n) is 3.08. The molecule has 3 rings (SSSR count). The maximum Gasteiger partial charge on any atom is 0.263 e. The summed E-state index contributed by atoms with van der Waals surface area (Å²) in [7, 11) is 0. The van der Waals surface area contributed by atoms with E-state index in [1.54, 1.807) is 11.1 Å². The first-order valence-electron chi connectivity index (χ1n) is 5.96. The normalized spacial score (nSPS) is 15.7. The molecule has 19 heavy (non-hydrogen) atoms. The molecule has 1 amide bonds. The van der Waals surface area contributed by atoms with Crippen LogP contribution in [0.25, 0.3) is 10.9 Å². The summed E-state index contributed by atoms with van der Waals surface area (Å²) in [6.45, 7) is 1.95. The van der Waals surface area contributed by atoms with Crippen molar-refractivity contribution in [3.8, 4) is 0 Å². The van der Waals surface area contributed by atoms with Gasteiger partial charge in [-0.1, -0.05) is 0 Å². The Hall–Kier alpha value is -2.28. The van der Waals surface area contributed by atoms with Crippen molar-refractivity contribution in [3.05, 3.63) is 34.6 Å². The van der Waals surface area contributed by atoms with Gasteiger partial charge in [0.1, 0.15) is 11.9 Å². The Morgan fingerprint density at radius 1 is 1.37 bits per heavy atom. The molecule has 1 N–H and O–H groups in total. The number of pyridine rings is 1. The number of amides is 1. The van der Waals surface area contributed by atoms with Gasteiger partial charge >= 0.3 is 0 Å². The number of rotatable bonds is 1. The fourth-order valence-corrected chi connectivity index (χ4v) is 2.10. The van der Waals surface area contributed by atoms with Gasteiger partial charge in [0.15, 0.2) is 0 Å². The third kappa shape index (κ3) is 2.08. The van der Waals surface area contributed by atoms with Gasteiger partial charge in [-0.3, -0.25) is 9.59 Å². The van der Waals surface area contributed by atoms with Crippen LogP contribution in [0.3, 0.4) is 0 Å². The van der Waals surface area contributed by atoms with Crippen LogP contribution in [-0.4, -0.2) is 52.1 Å². The number of carbonyl (C=O) groups is 1. The molecule has 1 fully saturated rings. The number of H-pyrrole nitrogens is 1. The Kier molecular flexibility index (Phi) is 2.96. The molecule has 98 valence electrons. The van der Waals surface area contributed by atoms with E-state index in [0.717, 1.165) is 0 Å². The molecule has 7 nitrogen and oxygen atoms in total. The summed E-state index contributed by atoms with van der Waals surface area (Å²) in [5, 5.41) is 0.638. The molecule has 0 bridgehead atoms. The molecule has 0 radical (unpaired) electrons. The Labute approximate surface area is 108 Å². The predicted octanol–water partition coefficient (Wildman–Crippen LogP) is -0.210. The fourth-order valence-electron chi connectivity index (χ4n) is 2.10. The van der Waals surface area contributed by atoms with Gasteiger partial charge in [0.05, 0.1) is 18.7 Å². The molecule has 7 heteroatoms. The average molecular weight is 260 g/mol. The van der Waals surface area contributed by atoms with Crippen molar-refractivity contribution < 1.29 is 9.53 Å². The van der Waals surface area contributed by atoms with Crippen LogP contribution < -0.4 is 5.56 Å². The number of fused-ring (bicyclic) bond motifs is 1. The van der Waals surface area contributed by atoms with Crippen LogP contribution in [0.1, 0.15) is 10.4 Å². The standard InChI is InChI=1S/C12H12N4O3/c17-11-9(12(18)16-1-3-19-4-2-16)10-8(6-14-11)5-13-7-15-10/h5-7H,1-4H2,(H,14,17). The minimum Gasteiger partial charge on any atom is -0.378 e. The molecule has 0 spiro atoms. The highest BCUT2D eigenvalue weighted by Crippen LogP contribution is 2.13. The zero-order valence-corrected chi connectivity index (χ0v) is 10.1. The molecule has 0 aromatic carbocycles. The van der Waals surface area contributed by atoms with Crippen LogP contribution in [0.2, 0.25) is 0 Å². The zero-order valence-electron chi connectivity index (χ0n) is 10.1. The lowest BCUT2D eigenvalue weighted by Gasteiger charge is -2.26. The van der Waals surface area contributed by atoms with Crippen LogP contribution in [0, 0.1) is 0 Å². The predicted molar refractivity (Wildman–Crippen MR) is 66.9 cm³/mol. The smallest absolute Gasteiger partial charge is 0.263 e. The number of hydrogen-bond acceptors (Lipinski definition) is 5. The molecule has 1 saturated heterocycles. The van der Waals surface area contributed by atoms with E-state index in [4.69, 9.17) is 4.74 Å². The highest BCUT2D eigenvalue weighted by molar-refractivity contribution is 6.04. The van der Waals surface area contributed by atoms with Gasteiger partial charge in [-0.05, 0) is 0 Å². The molecule has 0 aliphatic carbocycles.